The SMILES string of the molecule is Cc1cc(NCC2CCCCO2)ccc1C#N. The van der Waals surface area contributed by atoms with Crippen molar-refractivity contribution in [2.24, 2.45) is 0 Å². The van der Waals surface area contributed by atoms with Gasteiger partial charge in [-0.15, -0.1) is 0 Å². The summed E-state index contributed by atoms with van der Waals surface area (Å²) in [6, 6.07) is 8.00. The summed E-state index contributed by atoms with van der Waals surface area (Å²) in [4.78, 5) is 0. The zero-order valence-electron chi connectivity index (χ0n) is 10.2. The van der Waals surface area contributed by atoms with Crippen molar-refractivity contribution in [1.82, 2.24) is 0 Å². The average Bonchev–Trinajstić information content (AvgIpc) is 2.38. The second kappa shape index (κ2) is 5.70. The van der Waals surface area contributed by atoms with Gasteiger partial charge in [-0.05, 0) is 49.9 Å². The number of ether oxygens (including phenoxy) is 1. The Kier molecular flexibility index (Phi) is 4.00. The topological polar surface area (TPSA) is 45.0 Å². The van der Waals surface area contributed by atoms with Crippen LogP contribution in [-0.4, -0.2) is 19.3 Å². The number of hydrogen-bond donors (Lipinski definition) is 1. The molecule has 1 aliphatic heterocycles. The molecular formula is C14H18N2O. The zero-order valence-corrected chi connectivity index (χ0v) is 10.2. The molecule has 0 amide bonds. The summed E-state index contributed by atoms with van der Waals surface area (Å²) in [5.41, 5.74) is 2.82. The summed E-state index contributed by atoms with van der Waals surface area (Å²) in [5.74, 6) is 0. The summed E-state index contributed by atoms with van der Waals surface area (Å²) < 4.78 is 5.66. The van der Waals surface area contributed by atoms with Crippen LogP contribution in [0, 0.1) is 18.3 Å². The Morgan fingerprint density at radius 1 is 1.47 bits per heavy atom. The third-order valence-electron chi connectivity index (χ3n) is 3.15. The molecule has 1 aliphatic rings. The maximum Gasteiger partial charge on any atom is 0.0994 e. The van der Waals surface area contributed by atoms with Crippen molar-refractivity contribution >= 4 is 5.69 Å². The van der Waals surface area contributed by atoms with Gasteiger partial charge in [0.25, 0.3) is 0 Å². The van der Waals surface area contributed by atoms with Crippen LogP contribution >= 0.6 is 0 Å². The molecule has 3 heteroatoms. The molecule has 1 N–H and O–H groups in total. The number of benzene rings is 1. The van der Waals surface area contributed by atoms with E-state index in [9.17, 15) is 0 Å². The zero-order chi connectivity index (χ0) is 12.1. The molecule has 1 atom stereocenters. The Morgan fingerprint density at radius 2 is 2.35 bits per heavy atom. The second-order valence-corrected chi connectivity index (χ2v) is 4.51. The minimum atomic E-state index is 0.333. The fraction of sp³-hybridized carbons (Fsp3) is 0.500. The number of nitrogens with zero attached hydrogens (tertiary/aromatic N) is 1. The lowest BCUT2D eigenvalue weighted by Crippen LogP contribution is -2.26. The standard InChI is InChI=1S/C14H18N2O/c1-11-8-13(6-5-12(11)9-15)16-10-14-4-2-3-7-17-14/h5-6,8,14,16H,2-4,7,10H2,1H3. The van der Waals surface area contributed by atoms with Gasteiger partial charge < -0.3 is 10.1 Å². The highest BCUT2D eigenvalue weighted by atomic mass is 16.5. The maximum atomic E-state index is 8.85. The molecule has 90 valence electrons. The molecule has 2 rings (SSSR count). The highest BCUT2D eigenvalue weighted by Gasteiger charge is 2.13. The van der Waals surface area contributed by atoms with Crippen LogP contribution in [0.4, 0.5) is 5.69 Å². The predicted molar refractivity (Wildman–Crippen MR) is 68.0 cm³/mol. The Morgan fingerprint density at radius 3 is 3.00 bits per heavy atom. The van der Waals surface area contributed by atoms with E-state index in [0.29, 0.717) is 6.10 Å². The van der Waals surface area contributed by atoms with Crippen LogP contribution in [0.15, 0.2) is 18.2 Å². The minimum absolute atomic E-state index is 0.333. The van der Waals surface area contributed by atoms with E-state index in [-0.39, 0.29) is 0 Å². The molecule has 0 radical (unpaired) electrons. The molecule has 1 unspecified atom stereocenters. The van der Waals surface area contributed by atoms with Gasteiger partial charge in [-0.2, -0.15) is 5.26 Å². The lowest BCUT2D eigenvalue weighted by Gasteiger charge is -2.23. The van der Waals surface area contributed by atoms with E-state index in [0.717, 1.165) is 36.4 Å². The van der Waals surface area contributed by atoms with Crippen molar-refractivity contribution in [1.29, 1.82) is 5.26 Å². The molecule has 1 aromatic carbocycles. The maximum absolute atomic E-state index is 8.85. The van der Waals surface area contributed by atoms with E-state index in [4.69, 9.17) is 10.00 Å². The van der Waals surface area contributed by atoms with E-state index in [1.807, 2.05) is 25.1 Å². The van der Waals surface area contributed by atoms with Crippen LogP contribution in [0.5, 0.6) is 0 Å². The van der Waals surface area contributed by atoms with Crippen molar-refractivity contribution in [3.63, 3.8) is 0 Å². The highest BCUT2D eigenvalue weighted by molar-refractivity contribution is 5.51. The molecule has 1 aromatic rings. The second-order valence-electron chi connectivity index (χ2n) is 4.51. The van der Waals surface area contributed by atoms with Crippen LogP contribution < -0.4 is 5.32 Å². The van der Waals surface area contributed by atoms with Gasteiger partial charge in [0.15, 0.2) is 0 Å². The van der Waals surface area contributed by atoms with Crippen molar-refractivity contribution in [3.8, 4) is 6.07 Å². The highest BCUT2D eigenvalue weighted by Crippen LogP contribution is 2.17. The number of nitriles is 1. The third-order valence-corrected chi connectivity index (χ3v) is 3.15. The first-order chi connectivity index (χ1) is 8.29. The van der Waals surface area contributed by atoms with E-state index >= 15 is 0 Å². The number of hydrogen-bond acceptors (Lipinski definition) is 3. The molecule has 0 spiro atoms. The van der Waals surface area contributed by atoms with Gasteiger partial charge in [-0.25, -0.2) is 0 Å². The molecule has 3 nitrogen and oxygen atoms in total. The van der Waals surface area contributed by atoms with Crippen LogP contribution in [0.25, 0.3) is 0 Å². The number of aryl methyl sites for hydroxylation is 1. The molecular weight excluding hydrogens is 212 g/mol. The van der Waals surface area contributed by atoms with Crippen molar-refractivity contribution in [2.45, 2.75) is 32.3 Å². The summed E-state index contributed by atoms with van der Waals surface area (Å²) >= 11 is 0. The largest absolute Gasteiger partial charge is 0.382 e. The summed E-state index contributed by atoms with van der Waals surface area (Å²) in [7, 11) is 0. The molecule has 0 saturated carbocycles. The van der Waals surface area contributed by atoms with Gasteiger partial charge in [0, 0.05) is 18.8 Å². The average molecular weight is 230 g/mol. The smallest absolute Gasteiger partial charge is 0.0994 e. The predicted octanol–water partition coefficient (Wildman–Crippen LogP) is 2.85. The Hall–Kier alpha value is -1.53. The molecule has 1 heterocycles. The van der Waals surface area contributed by atoms with Crippen molar-refractivity contribution in [2.75, 3.05) is 18.5 Å². The lowest BCUT2D eigenvalue weighted by molar-refractivity contribution is 0.0247. The van der Waals surface area contributed by atoms with E-state index in [2.05, 4.69) is 11.4 Å². The van der Waals surface area contributed by atoms with Crippen LogP contribution in [0.2, 0.25) is 0 Å². The first kappa shape index (κ1) is 11.9. The first-order valence-corrected chi connectivity index (χ1v) is 6.16. The van der Waals surface area contributed by atoms with Crippen LogP contribution in [0.1, 0.15) is 30.4 Å². The van der Waals surface area contributed by atoms with Crippen molar-refractivity contribution < 1.29 is 4.74 Å². The van der Waals surface area contributed by atoms with E-state index in [1.54, 1.807) is 0 Å². The normalized spacial score (nSPS) is 19.6. The quantitative estimate of drug-likeness (QED) is 0.868. The van der Waals surface area contributed by atoms with E-state index in [1.165, 1.54) is 12.8 Å². The van der Waals surface area contributed by atoms with Crippen molar-refractivity contribution in [3.05, 3.63) is 29.3 Å². The lowest BCUT2D eigenvalue weighted by atomic mass is 10.1. The minimum Gasteiger partial charge on any atom is -0.382 e. The van der Waals surface area contributed by atoms with E-state index < -0.39 is 0 Å². The molecule has 0 bridgehead atoms. The Labute approximate surface area is 102 Å². The fourth-order valence-electron chi connectivity index (χ4n) is 2.10. The Bertz CT molecular complexity index is 417. The van der Waals surface area contributed by atoms with Gasteiger partial charge in [0.05, 0.1) is 17.7 Å². The summed E-state index contributed by atoms with van der Waals surface area (Å²) in [5, 5.41) is 12.2. The molecule has 0 aromatic heterocycles. The number of anilines is 1. The van der Waals surface area contributed by atoms with Gasteiger partial charge in [-0.3, -0.25) is 0 Å². The molecule has 1 saturated heterocycles. The van der Waals surface area contributed by atoms with Gasteiger partial charge in [0.1, 0.15) is 0 Å². The Balaban J connectivity index is 1.90. The first-order valence-electron chi connectivity index (χ1n) is 6.16. The van der Waals surface area contributed by atoms with Crippen LogP contribution in [0.3, 0.4) is 0 Å². The third kappa shape index (κ3) is 3.21. The van der Waals surface area contributed by atoms with Gasteiger partial charge in [0.2, 0.25) is 0 Å². The molecule has 0 aliphatic carbocycles. The molecule has 1 fully saturated rings. The number of nitrogens with one attached hydrogen (secondary N) is 1. The number of rotatable bonds is 3. The monoisotopic (exact) mass is 230 g/mol. The van der Waals surface area contributed by atoms with Crippen LogP contribution in [-0.2, 0) is 4.74 Å². The van der Waals surface area contributed by atoms with Gasteiger partial charge >= 0.3 is 0 Å². The summed E-state index contributed by atoms with van der Waals surface area (Å²) in [6.45, 7) is 3.70. The molecule has 17 heavy (non-hydrogen) atoms. The van der Waals surface area contributed by atoms with Gasteiger partial charge in [-0.1, -0.05) is 0 Å². The fourth-order valence-corrected chi connectivity index (χ4v) is 2.10. The summed E-state index contributed by atoms with van der Waals surface area (Å²) in [6.07, 6.45) is 3.92.